The third kappa shape index (κ3) is 17.7. The van der Waals surface area contributed by atoms with Crippen molar-refractivity contribution in [2.24, 2.45) is 0 Å². The van der Waals surface area contributed by atoms with Gasteiger partial charge in [-0.15, -0.1) is 0 Å². The van der Waals surface area contributed by atoms with Crippen molar-refractivity contribution in [3.63, 3.8) is 0 Å². The van der Waals surface area contributed by atoms with Gasteiger partial charge in [0.1, 0.15) is 0 Å². The maximum atomic E-state index is 9.70. The summed E-state index contributed by atoms with van der Waals surface area (Å²) in [6.07, 6.45) is 1.25. The predicted molar refractivity (Wildman–Crippen MR) is 40.7 cm³/mol. The Kier molecular flexibility index (Phi) is 14.6. The molecule has 0 spiro atoms. The first kappa shape index (κ1) is 16.9. The molecule has 0 aromatic carbocycles. The molecule has 6 heteroatoms. The van der Waals surface area contributed by atoms with E-state index in [1.54, 1.807) is 0 Å². The fraction of sp³-hybridized carbons (Fsp3) is 0.333. The van der Waals surface area contributed by atoms with Crippen LogP contribution in [0.5, 0.6) is 0 Å². The van der Waals surface area contributed by atoms with Gasteiger partial charge in [0.15, 0.2) is 0 Å². The van der Waals surface area contributed by atoms with E-state index in [2.05, 4.69) is 0 Å². The average Bonchev–Trinajstić information content (AvgIpc) is 1.30. The molecule has 0 aliphatic rings. The first-order valence-electron chi connectivity index (χ1n) is 1.66. The molecule has 9 heavy (non-hydrogen) atoms. The molecule has 0 radical (unpaired) electrons. The van der Waals surface area contributed by atoms with Crippen LogP contribution in [-0.4, -0.2) is 72.1 Å². The quantitative estimate of drug-likeness (QED) is 0.410. The molecule has 0 saturated carbocycles. The Morgan fingerprint density at radius 3 is 1.67 bits per heavy atom. The van der Waals surface area contributed by atoms with Crippen LogP contribution < -0.4 is 0 Å². The first-order chi connectivity index (χ1) is 3.06. The molecule has 0 fully saturated rings. The summed E-state index contributed by atoms with van der Waals surface area (Å²) in [4.78, 5) is 0. The van der Waals surface area contributed by atoms with E-state index in [-0.39, 0.29) is 59.1 Å². The van der Waals surface area contributed by atoms with E-state index >= 15 is 0 Å². The third-order valence-electron chi connectivity index (χ3n) is 0.308. The van der Waals surface area contributed by atoms with Crippen molar-refractivity contribution in [1.82, 2.24) is 0 Å². The first-order valence-corrected chi connectivity index (χ1v) is 3.17. The van der Waals surface area contributed by atoms with Crippen LogP contribution in [0.2, 0.25) is 0 Å². The van der Waals surface area contributed by atoms with Crippen molar-refractivity contribution in [2.75, 3.05) is 0 Å². The molecule has 0 amide bonds. The van der Waals surface area contributed by atoms with Crippen molar-refractivity contribution < 1.29 is 13.0 Å². The monoisotopic (exact) mass is 170 g/mol. The summed E-state index contributed by atoms with van der Waals surface area (Å²) in [5.74, 6) is 0. The molecule has 46 valence electrons. The fourth-order valence-electron chi connectivity index (χ4n) is 0.172. The van der Waals surface area contributed by atoms with E-state index in [9.17, 15) is 8.42 Å². The molecule has 0 saturated heterocycles. The van der Waals surface area contributed by atoms with E-state index in [4.69, 9.17) is 4.55 Å². The summed E-state index contributed by atoms with van der Waals surface area (Å²) in [6, 6.07) is 0. The number of allylic oxidation sites excluding steroid dienone is 1. The van der Waals surface area contributed by atoms with Crippen molar-refractivity contribution in [2.45, 2.75) is 6.92 Å². The number of hydrogen-bond donors (Lipinski definition) is 1. The Bertz CT molecular complexity index is 160. The van der Waals surface area contributed by atoms with E-state index in [0.717, 1.165) is 0 Å². The van der Waals surface area contributed by atoms with Crippen molar-refractivity contribution in [1.29, 1.82) is 0 Å². The summed E-state index contributed by atoms with van der Waals surface area (Å²) in [5, 5.41) is 0.715. The van der Waals surface area contributed by atoms with Gasteiger partial charge in [-0.1, -0.05) is 6.08 Å². The zero-order valence-electron chi connectivity index (χ0n) is 3.83. The average molecular weight is 170 g/mol. The number of rotatable bonds is 1. The van der Waals surface area contributed by atoms with Crippen LogP contribution in [0.25, 0.3) is 0 Å². The molecule has 0 aromatic rings. The minimum atomic E-state index is -3.85. The van der Waals surface area contributed by atoms with Gasteiger partial charge in [0.05, 0.1) is 5.41 Å². The molecule has 0 atom stereocenters. The molecule has 3 nitrogen and oxygen atoms in total. The zero-order valence-corrected chi connectivity index (χ0v) is 4.64. The Morgan fingerprint density at radius 2 is 1.67 bits per heavy atom. The van der Waals surface area contributed by atoms with Crippen LogP contribution in [0.4, 0.5) is 0 Å². The van der Waals surface area contributed by atoms with Crippen LogP contribution in [0.15, 0.2) is 11.5 Å². The van der Waals surface area contributed by atoms with Gasteiger partial charge in [0.2, 0.25) is 0 Å². The molecular formula is C3H8Na2O3S. The molecular weight excluding hydrogens is 162 g/mol. The molecule has 0 aliphatic carbocycles. The standard InChI is InChI=1S/C3H6O3S.2Na.2H/c1-2-3-7(4,5)6;;;;/h2-3H,1H3,(H,4,5,6);;;;. The third-order valence-corrected chi connectivity index (χ3v) is 0.924. The Labute approximate surface area is 99.2 Å². The number of hydrogen-bond acceptors (Lipinski definition) is 2. The van der Waals surface area contributed by atoms with Gasteiger partial charge in [0, 0.05) is 0 Å². The van der Waals surface area contributed by atoms with Crippen molar-refractivity contribution >= 4 is 69.2 Å². The normalized spacial score (nSPS) is 10.0. The van der Waals surface area contributed by atoms with E-state index in [0.29, 0.717) is 5.41 Å². The van der Waals surface area contributed by atoms with Gasteiger partial charge in [-0.05, 0) is 6.92 Å². The van der Waals surface area contributed by atoms with Crippen LogP contribution in [0, 0.1) is 0 Å². The van der Waals surface area contributed by atoms with Gasteiger partial charge < -0.3 is 0 Å². The fourth-order valence-corrected chi connectivity index (χ4v) is 0.516. The zero-order chi connectivity index (χ0) is 5.91. The summed E-state index contributed by atoms with van der Waals surface area (Å²) >= 11 is 0. The molecule has 0 bridgehead atoms. The Morgan fingerprint density at radius 1 is 1.33 bits per heavy atom. The van der Waals surface area contributed by atoms with Gasteiger partial charge in [-0.3, -0.25) is 4.55 Å². The van der Waals surface area contributed by atoms with Crippen LogP contribution in [0.3, 0.4) is 0 Å². The molecule has 1 N–H and O–H groups in total. The summed E-state index contributed by atoms with van der Waals surface area (Å²) < 4.78 is 27.3. The Balaban J connectivity index is -0.000000180. The SMILES string of the molecule is CC=CS(=O)(=O)O.[NaH].[NaH]. The second-order valence-corrected chi connectivity index (χ2v) is 2.29. The molecule has 0 rings (SSSR count). The van der Waals surface area contributed by atoms with E-state index in [1.807, 2.05) is 0 Å². The topological polar surface area (TPSA) is 54.4 Å². The van der Waals surface area contributed by atoms with Gasteiger partial charge in [0.25, 0.3) is 10.1 Å². The summed E-state index contributed by atoms with van der Waals surface area (Å²) in [6.45, 7) is 1.51. The van der Waals surface area contributed by atoms with E-state index in [1.165, 1.54) is 13.0 Å². The molecule has 0 heterocycles. The van der Waals surface area contributed by atoms with Crippen molar-refractivity contribution in [3.8, 4) is 0 Å². The van der Waals surface area contributed by atoms with Gasteiger partial charge in [-0.25, -0.2) is 0 Å². The molecule has 0 unspecified atom stereocenters. The van der Waals surface area contributed by atoms with Crippen LogP contribution in [0.1, 0.15) is 6.92 Å². The van der Waals surface area contributed by atoms with Crippen LogP contribution in [-0.2, 0) is 10.1 Å². The van der Waals surface area contributed by atoms with Gasteiger partial charge in [-0.2, -0.15) is 8.42 Å². The summed E-state index contributed by atoms with van der Waals surface area (Å²) in [7, 11) is -3.85. The maximum absolute atomic E-state index is 9.70. The summed E-state index contributed by atoms with van der Waals surface area (Å²) in [5.41, 5.74) is 0. The minimum absolute atomic E-state index is 0. The van der Waals surface area contributed by atoms with Gasteiger partial charge >= 0.3 is 59.1 Å². The molecule has 0 aliphatic heterocycles. The van der Waals surface area contributed by atoms with Crippen molar-refractivity contribution in [3.05, 3.63) is 11.5 Å². The molecule has 0 aromatic heterocycles. The Hall–Kier alpha value is 1.65. The predicted octanol–water partition coefficient (Wildman–Crippen LogP) is -0.889. The van der Waals surface area contributed by atoms with E-state index < -0.39 is 10.1 Å². The van der Waals surface area contributed by atoms with Crippen LogP contribution >= 0.6 is 0 Å². The second-order valence-electron chi connectivity index (χ2n) is 0.984. The second kappa shape index (κ2) is 7.75.